The molecule has 0 heterocycles. The molecule has 0 aliphatic carbocycles. The molecule has 0 fully saturated rings. The molecule has 8 heteroatoms. The summed E-state index contributed by atoms with van der Waals surface area (Å²) in [4.78, 5) is 27.4. The Balaban J connectivity index is 3.02. The number of carboxylic acids is 1. The van der Waals surface area contributed by atoms with Crippen LogP contribution in [0.1, 0.15) is 5.56 Å². The molecule has 1 aromatic carbocycles. The van der Waals surface area contributed by atoms with Gasteiger partial charge in [0, 0.05) is 6.08 Å². The van der Waals surface area contributed by atoms with Crippen molar-refractivity contribution in [2.75, 3.05) is 0 Å². The topological polar surface area (TPSA) is 124 Å². The minimum absolute atomic E-state index is 0.314. The summed E-state index contributed by atoms with van der Waals surface area (Å²) in [6, 6.07) is 3.60. The Morgan fingerprint density at radius 1 is 1.35 bits per heavy atom. The lowest BCUT2D eigenvalue weighted by molar-refractivity contribution is -0.131. The van der Waals surface area contributed by atoms with Crippen LogP contribution in [0, 0.1) is 0 Å². The smallest absolute Gasteiger partial charge is 0.504 e. The Hall–Kier alpha value is -1.82. The summed E-state index contributed by atoms with van der Waals surface area (Å²) in [5, 5.41) is 17.7. The lowest BCUT2D eigenvalue weighted by atomic mass is 10.2. The fraction of sp³-hybridized carbons (Fsp3) is 0. The number of rotatable bonds is 4. The van der Waals surface area contributed by atoms with E-state index in [9.17, 15) is 14.5 Å². The lowest BCUT2D eigenvalue weighted by Gasteiger charge is -2.08. The molecule has 92 valence electrons. The number of phenols is 1. The van der Waals surface area contributed by atoms with Crippen molar-refractivity contribution in [3.05, 3.63) is 29.8 Å². The molecule has 0 aliphatic heterocycles. The van der Waals surface area contributed by atoms with Gasteiger partial charge in [0.15, 0.2) is 11.5 Å². The van der Waals surface area contributed by atoms with Crippen molar-refractivity contribution in [2.45, 2.75) is 0 Å². The van der Waals surface area contributed by atoms with E-state index < -0.39 is 25.3 Å². The zero-order valence-corrected chi connectivity index (χ0v) is 9.24. The zero-order chi connectivity index (χ0) is 13.1. The number of hydrogen-bond donors (Lipinski definition) is 4. The number of aromatic hydroxyl groups is 1. The Kier molecular flexibility index (Phi) is 3.90. The van der Waals surface area contributed by atoms with Crippen molar-refractivity contribution in [3.8, 4) is 11.5 Å². The zero-order valence-electron chi connectivity index (χ0n) is 8.35. The third kappa shape index (κ3) is 4.69. The average molecular weight is 260 g/mol. The molecule has 1 aromatic rings. The van der Waals surface area contributed by atoms with E-state index in [0.29, 0.717) is 5.56 Å². The number of hydrogen-bond acceptors (Lipinski definition) is 4. The predicted molar refractivity (Wildman–Crippen MR) is 57.4 cm³/mol. The number of carbonyl (C=O) groups is 1. The summed E-state index contributed by atoms with van der Waals surface area (Å²) in [6.45, 7) is 0. The standard InChI is InChI=1S/C9H9O7P/c10-7-3-1-6(2-4-9(11)12)5-8(7)16-17(13,14)15/h1-5,10H,(H,11,12)(H2,13,14,15)/b4-2+. The van der Waals surface area contributed by atoms with Gasteiger partial charge in [0.25, 0.3) is 0 Å². The Bertz CT molecular complexity index is 502. The molecule has 0 spiro atoms. The molecule has 0 saturated heterocycles. The fourth-order valence-electron chi connectivity index (χ4n) is 1.00. The number of aliphatic carboxylic acids is 1. The van der Waals surface area contributed by atoms with Crippen LogP contribution in [-0.4, -0.2) is 26.0 Å². The van der Waals surface area contributed by atoms with Crippen LogP contribution in [0.4, 0.5) is 0 Å². The second-order valence-electron chi connectivity index (χ2n) is 2.98. The Morgan fingerprint density at radius 3 is 2.53 bits per heavy atom. The van der Waals surface area contributed by atoms with Crippen LogP contribution in [-0.2, 0) is 9.36 Å². The molecule has 17 heavy (non-hydrogen) atoms. The van der Waals surface area contributed by atoms with E-state index in [1.54, 1.807) is 0 Å². The van der Waals surface area contributed by atoms with Crippen molar-refractivity contribution < 1.29 is 33.9 Å². The van der Waals surface area contributed by atoms with Crippen LogP contribution in [0.5, 0.6) is 11.5 Å². The highest BCUT2D eigenvalue weighted by Crippen LogP contribution is 2.41. The van der Waals surface area contributed by atoms with Gasteiger partial charge in [0.05, 0.1) is 0 Å². The summed E-state index contributed by atoms with van der Waals surface area (Å²) < 4.78 is 14.8. The van der Waals surface area contributed by atoms with Gasteiger partial charge < -0.3 is 14.7 Å². The molecule has 0 saturated carbocycles. The normalized spacial score (nSPS) is 11.6. The number of carboxylic acid groups (broad SMARTS) is 1. The summed E-state index contributed by atoms with van der Waals surface area (Å²) in [7, 11) is -4.77. The summed E-state index contributed by atoms with van der Waals surface area (Å²) in [6.07, 6.45) is 2.03. The van der Waals surface area contributed by atoms with Crippen molar-refractivity contribution in [2.24, 2.45) is 0 Å². The monoisotopic (exact) mass is 260 g/mol. The number of phosphoric ester groups is 1. The third-order valence-corrected chi connectivity index (χ3v) is 2.05. The van der Waals surface area contributed by atoms with Crippen LogP contribution in [0.2, 0.25) is 0 Å². The van der Waals surface area contributed by atoms with Gasteiger partial charge in [-0.15, -0.1) is 0 Å². The van der Waals surface area contributed by atoms with Gasteiger partial charge in [0.2, 0.25) is 0 Å². The van der Waals surface area contributed by atoms with E-state index in [1.165, 1.54) is 12.1 Å². The highest BCUT2D eigenvalue weighted by molar-refractivity contribution is 7.46. The van der Waals surface area contributed by atoms with Crippen molar-refractivity contribution in [1.29, 1.82) is 0 Å². The van der Waals surface area contributed by atoms with Gasteiger partial charge in [0.1, 0.15) is 0 Å². The van der Waals surface area contributed by atoms with Crippen LogP contribution < -0.4 is 4.52 Å². The van der Waals surface area contributed by atoms with Crippen molar-refractivity contribution >= 4 is 19.9 Å². The van der Waals surface area contributed by atoms with E-state index in [1.807, 2.05) is 0 Å². The van der Waals surface area contributed by atoms with Gasteiger partial charge in [-0.25, -0.2) is 9.36 Å². The van der Waals surface area contributed by atoms with Crippen LogP contribution >= 0.6 is 7.82 Å². The van der Waals surface area contributed by atoms with Gasteiger partial charge in [-0.1, -0.05) is 6.07 Å². The predicted octanol–water partition coefficient (Wildman–Crippen LogP) is 0.961. The largest absolute Gasteiger partial charge is 0.524 e. The van der Waals surface area contributed by atoms with Gasteiger partial charge in [-0.2, -0.15) is 0 Å². The fourth-order valence-corrected chi connectivity index (χ4v) is 1.41. The van der Waals surface area contributed by atoms with Gasteiger partial charge in [-0.3, -0.25) is 9.79 Å². The highest BCUT2D eigenvalue weighted by atomic mass is 31.2. The van der Waals surface area contributed by atoms with Crippen LogP contribution in [0.25, 0.3) is 6.08 Å². The van der Waals surface area contributed by atoms with Crippen molar-refractivity contribution in [1.82, 2.24) is 0 Å². The minimum Gasteiger partial charge on any atom is -0.504 e. The molecule has 0 atom stereocenters. The Morgan fingerprint density at radius 2 is 2.00 bits per heavy atom. The first-order valence-electron chi connectivity index (χ1n) is 4.27. The SMILES string of the molecule is O=C(O)/C=C/c1ccc(O)c(OP(=O)(O)O)c1. The molecule has 0 aromatic heterocycles. The number of benzene rings is 1. The number of phosphoric acid groups is 1. The minimum atomic E-state index is -4.77. The van der Waals surface area contributed by atoms with E-state index in [-0.39, 0.29) is 0 Å². The summed E-state index contributed by atoms with van der Waals surface area (Å²) in [5.41, 5.74) is 0.314. The molecular weight excluding hydrogens is 251 g/mol. The highest BCUT2D eigenvalue weighted by Gasteiger charge is 2.18. The molecular formula is C9H9O7P. The maximum Gasteiger partial charge on any atom is 0.524 e. The lowest BCUT2D eigenvalue weighted by Crippen LogP contribution is -1.91. The summed E-state index contributed by atoms with van der Waals surface area (Å²) in [5.74, 6) is -2.05. The number of phenolic OH excluding ortho intramolecular Hbond substituents is 1. The molecule has 0 aliphatic rings. The average Bonchev–Trinajstić information content (AvgIpc) is 2.17. The van der Waals surface area contributed by atoms with Gasteiger partial charge in [-0.05, 0) is 23.8 Å². The van der Waals surface area contributed by atoms with E-state index in [4.69, 9.17) is 14.9 Å². The maximum atomic E-state index is 10.6. The molecule has 0 bridgehead atoms. The second kappa shape index (κ2) is 5.01. The molecule has 0 amide bonds. The molecule has 4 N–H and O–H groups in total. The second-order valence-corrected chi connectivity index (χ2v) is 4.14. The van der Waals surface area contributed by atoms with E-state index in [0.717, 1.165) is 18.2 Å². The molecule has 7 nitrogen and oxygen atoms in total. The first-order valence-corrected chi connectivity index (χ1v) is 5.80. The van der Waals surface area contributed by atoms with Crippen molar-refractivity contribution in [3.63, 3.8) is 0 Å². The van der Waals surface area contributed by atoms with Gasteiger partial charge >= 0.3 is 13.8 Å². The summed E-state index contributed by atoms with van der Waals surface area (Å²) >= 11 is 0. The molecule has 0 radical (unpaired) electrons. The van der Waals surface area contributed by atoms with E-state index >= 15 is 0 Å². The first kappa shape index (κ1) is 13.2. The first-order chi connectivity index (χ1) is 7.78. The maximum absolute atomic E-state index is 10.6. The quantitative estimate of drug-likeness (QED) is 0.469. The third-order valence-electron chi connectivity index (χ3n) is 1.62. The van der Waals surface area contributed by atoms with E-state index in [2.05, 4.69) is 4.52 Å². The molecule has 1 rings (SSSR count). The van der Waals surface area contributed by atoms with Crippen LogP contribution in [0.15, 0.2) is 24.3 Å². The molecule has 0 unspecified atom stereocenters. The Labute approximate surface area is 95.8 Å². The van der Waals surface area contributed by atoms with Crippen LogP contribution in [0.3, 0.4) is 0 Å².